The number of halogens is 1. The molecule has 0 heterocycles. The number of nitrogens with one attached hydrogen (secondary N) is 2. The van der Waals surface area contributed by atoms with E-state index in [9.17, 15) is 19.7 Å². The van der Waals surface area contributed by atoms with Crippen molar-refractivity contribution in [2.45, 2.75) is 13.0 Å². The van der Waals surface area contributed by atoms with Crippen molar-refractivity contribution in [2.24, 2.45) is 0 Å². The Bertz CT molecular complexity index is 918. The maximum Gasteiger partial charge on any atom is 0.339 e. The van der Waals surface area contributed by atoms with Crippen molar-refractivity contribution in [1.29, 1.82) is 0 Å². The molecule has 0 unspecified atom stereocenters. The molecule has 1 atom stereocenters. The first-order valence-corrected chi connectivity index (χ1v) is 8.46. The van der Waals surface area contributed by atoms with E-state index in [1.165, 1.54) is 39.3 Å². The highest BCUT2D eigenvalue weighted by atomic mass is 35.5. The van der Waals surface area contributed by atoms with Crippen LogP contribution >= 0.6 is 11.6 Å². The van der Waals surface area contributed by atoms with Gasteiger partial charge >= 0.3 is 5.97 Å². The van der Waals surface area contributed by atoms with E-state index in [-0.39, 0.29) is 16.9 Å². The lowest BCUT2D eigenvalue weighted by atomic mass is 10.1. The van der Waals surface area contributed by atoms with Crippen LogP contribution in [0.1, 0.15) is 17.3 Å². The summed E-state index contributed by atoms with van der Waals surface area (Å²) in [5.74, 6) is -0.997. The smallest absolute Gasteiger partial charge is 0.339 e. The number of hydrogen-bond donors (Lipinski definition) is 2. The summed E-state index contributed by atoms with van der Waals surface area (Å²) >= 11 is 6.00. The highest BCUT2D eigenvalue weighted by molar-refractivity contribution is 6.32. The van der Waals surface area contributed by atoms with E-state index in [0.29, 0.717) is 16.5 Å². The van der Waals surface area contributed by atoms with Crippen molar-refractivity contribution in [3.63, 3.8) is 0 Å². The van der Waals surface area contributed by atoms with Crippen LogP contribution in [0.5, 0.6) is 5.75 Å². The highest BCUT2D eigenvalue weighted by Gasteiger charge is 2.22. The maximum absolute atomic E-state index is 12.2. The quantitative estimate of drug-likeness (QED) is 0.409. The van der Waals surface area contributed by atoms with E-state index in [2.05, 4.69) is 10.6 Å². The number of benzene rings is 2. The largest absolute Gasteiger partial charge is 0.495 e. The van der Waals surface area contributed by atoms with Crippen molar-refractivity contribution in [2.75, 3.05) is 24.8 Å². The van der Waals surface area contributed by atoms with Gasteiger partial charge in [-0.05, 0) is 37.3 Å². The molecule has 148 valence electrons. The van der Waals surface area contributed by atoms with Crippen LogP contribution in [0.2, 0.25) is 5.02 Å². The standard InChI is InChI=1S/C18H18ClN3O6/c1-10(17(23)21-12-5-7-16(27-3)13(19)9-12)28-18(24)11-4-6-14(20-2)15(8-11)22(25)26/h4-10,20H,1-3H3,(H,21,23)/t10-/m0/s1. The van der Waals surface area contributed by atoms with Crippen LogP contribution in [-0.2, 0) is 9.53 Å². The minimum Gasteiger partial charge on any atom is -0.495 e. The number of hydrogen-bond acceptors (Lipinski definition) is 7. The summed E-state index contributed by atoms with van der Waals surface area (Å²) in [6.45, 7) is 1.38. The fourth-order valence-corrected chi connectivity index (χ4v) is 2.55. The average Bonchev–Trinajstić information content (AvgIpc) is 2.67. The topological polar surface area (TPSA) is 120 Å². The molecule has 0 saturated heterocycles. The fourth-order valence-electron chi connectivity index (χ4n) is 2.29. The third-order valence-corrected chi connectivity index (χ3v) is 4.07. The molecular formula is C18H18ClN3O6. The third-order valence-electron chi connectivity index (χ3n) is 3.77. The number of nitro benzene ring substituents is 1. The van der Waals surface area contributed by atoms with Crippen LogP contribution in [0, 0.1) is 10.1 Å². The Labute approximate surface area is 165 Å². The first kappa shape index (κ1) is 21.0. The predicted octanol–water partition coefficient (Wildman–Crippen LogP) is 3.48. The number of methoxy groups -OCH3 is 1. The molecule has 2 aromatic carbocycles. The number of carbonyl (C=O) groups is 2. The van der Waals surface area contributed by atoms with Gasteiger partial charge in [-0.15, -0.1) is 0 Å². The molecule has 1 amide bonds. The summed E-state index contributed by atoms with van der Waals surface area (Å²) < 4.78 is 10.1. The molecule has 10 heteroatoms. The van der Waals surface area contributed by atoms with Crippen LogP contribution in [0.25, 0.3) is 0 Å². The number of ether oxygens (including phenoxy) is 2. The minimum absolute atomic E-state index is 0.0437. The van der Waals surface area contributed by atoms with Gasteiger partial charge in [0.15, 0.2) is 6.10 Å². The van der Waals surface area contributed by atoms with Gasteiger partial charge in [0.05, 0.1) is 22.6 Å². The normalized spacial score (nSPS) is 11.3. The molecular weight excluding hydrogens is 390 g/mol. The molecule has 0 fully saturated rings. The number of carbonyl (C=O) groups excluding carboxylic acids is 2. The first-order valence-electron chi connectivity index (χ1n) is 8.08. The molecule has 0 bridgehead atoms. The number of nitro groups is 1. The highest BCUT2D eigenvalue weighted by Crippen LogP contribution is 2.28. The zero-order valence-electron chi connectivity index (χ0n) is 15.3. The number of rotatable bonds is 7. The van der Waals surface area contributed by atoms with E-state index in [1.807, 2.05) is 0 Å². The second kappa shape index (κ2) is 9.05. The van der Waals surface area contributed by atoms with Gasteiger partial charge in [-0.3, -0.25) is 14.9 Å². The molecule has 28 heavy (non-hydrogen) atoms. The van der Waals surface area contributed by atoms with Crippen molar-refractivity contribution in [3.8, 4) is 5.75 Å². The summed E-state index contributed by atoms with van der Waals surface area (Å²) in [5, 5.41) is 16.6. The lowest BCUT2D eigenvalue weighted by Crippen LogP contribution is -2.30. The minimum atomic E-state index is -1.14. The Balaban J connectivity index is 2.07. The van der Waals surface area contributed by atoms with E-state index in [4.69, 9.17) is 21.1 Å². The first-order chi connectivity index (χ1) is 13.3. The van der Waals surface area contributed by atoms with Crippen molar-refractivity contribution in [3.05, 3.63) is 57.1 Å². The monoisotopic (exact) mass is 407 g/mol. The predicted molar refractivity (Wildman–Crippen MR) is 104 cm³/mol. The number of anilines is 2. The average molecular weight is 408 g/mol. The van der Waals surface area contributed by atoms with Crippen LogP contribution in [0.4, 0.5) is 17.1 Å². The van der Waals surface area contributed by atoms with Crippen LogP contribution in [0.15, 0.2) is 36.4 Å². The molecule has 9 nitrogen and oxygen atoms in total. The molecule has 2 N–H and O–H groups in total. The summed E-state index contributed by atoms with van der Waals surface area (Å²) in [4.78, 5) is 35.0. The Hall–Kier alpha value is -3.33. The maximum atomic E-state index is 12.2. The van der Waals surface area contributed by atoms with Crippen molar-refractivity contribution >= 4 is 40.5 Å². The molecule has 0 saturated carbocycles. The lowest BCUT2D eigenvalue weighted by molar-refractivity contribution is -0.384. The lowest BCUT2D eigenvalue weighted by Gasteiger charge is -2.14. The molecule has 0 aliphatic heterocycles. The van der Waals surface area contributed by atoms with Gasteiger partial charge in [-0.2, -0.15) is 0 Å². The van der Waals surface area contributed by atoms with E-state index in [1.54, 1.807) is 12.1 Å². The van der Waals surface area contributed by atoms with Crippen LogP contribution < -0.4 is 15.4 Å². The fraction of sp³-hybridized carbons (Fsp3) is 0.222. The van der Waals surface area contributed by atoms with Gasteiger partial charge in [-0.1, -0.05) is 11.6 Å². The van der Waals surface area contributed by atoms with Crippen molar-refractivity contribution < 1.29 is 24.0 Å². The van der Waals surface area contributed by atoms with Crippen LogP contribution in [0.3, 0.4) is 0 Å². The Morgan fingerprint density at radius 1 is 1.21 bits per heavy atom. The Kier molecular flexibility index (Phi) is 6.78. The van der Waals surface area contributed by atoms with Gasteiger partial charge in [0.25, 0.3) is 11.6 Å². The Morgan fingerprint density at radius 2 is 1.93 bits per heavy atom. The van der Waals surface area contributed by atoms with Gasteiger partial charge < -0.3 is 20.1 Å². The molecule has 0 aliphatic carbocycles. The molecule has 0 radical (unpaired) electrons. The van der Waals surface area contributed by atoms with E-state index < -0.39 is 22.9 Å². The van der Waals surface area contributed by atoms with E-state index in [0.717, 1.165) is 6.07 Å². The number of amides is 1. The SMILES string of the molecule is CNc1ccc(C(=O)O[C@@H](C)C(=O)Nc2ccc(OC)c(Cl)c2)cc1[N+](=O)[O-]. The molecule has 2 rings (SSSR count). The molecule has 0 aliphatic rings. The van der Waals surface area contributed by atoms with Crippen molar-refractivity contribution in [1.82, 2.24) is 0 Å². The number of nitrogens with zero attached hydrogens (tertiary/aromatic N) is 1. The van der Waals surface area contributed by atoms with Gasteiger partial charge in [0.2, 0.25) is 0 Å². The zero-order chi connectivity index (χ0) is 20.8. The summed E-state index contributed by atoms with van der Waals surface area (Å²) in [6.07, 6.45) is -1.14. The summed E-state index contributed by atoms with van der Waals surface area (Å²) in [7, 11) is 2.99. The molecule has 2 aromatic rings. The summed E-state index contributed by atoms with van der Waals surface area (Å²) in [5.41, 5.74) is 0.330. The van der Waals surface area contributed by atoms with Gasteiger partial charge in [0.1, 0.15) is 11.4 Å². The van der Waals surface area contributed by atoms with E-state index >= 15 is 0 Å². The molecule has 0 spiro atoms. The molecule has 0 aromatic heterocycles. The summed E-state index contributed by atoms with van der Waals surface area (Å²) in [6, 6.07) is 8.50. The second-order valence-electron chi connectivity index (χ2n) is 5.63. The third kappa shape index (κ3) is 4.89. The number of esters is 1. The second-order valence-corrected chi connectivity index (χ2v) is 6.03. The zero-order valence-corrected chi connectivity index (χ0v) is 16.1. The van der Waals surface area contributed by atoms with Gasteiger partial charge in [-0.25, -0.2) is 4.79 Å². The van der Waals surface area contributed by atoms with Crippen LogP contribution in [-0.4, -0.2) is 37.1 Å². The Morgan fingerprint density at radius 3 is 2.50 bits per heavy atom. The van der Waals surface area contributed by atoms with Gasteiger partial charge in [0, 0.05) is 18.8 Å².